The first-order chi connectivity index (χ1) is 15.7. The van der Waals surface area contributed by atoms with E-state index in [-0.39, 0.29) is 0 Å². The lowest BCUT2D eigenvalue weighted by Gasteiger charge is -2.86. The molecule has 184 valence electrons. The second-order valence-corrected chi connectivity index (χ2v) is 54.5. The Morgan fingerprint density at radius 3 is 0.625 bits per heavy atom. The van der Waals surface area contributed by atoms with Gasteiger partial charge in [-0.3, -0.25) is 0 Å². The van der Waals surface area contributed by atoms with E-state index < -0.39 is 28.4 Å². The normalized spacial score (nSPS) is 44.6. The molecule has 0 radical (unpaired) electrons. The Kier molecular flexibility index (Phi) is 7.21. The van der Waals surface area contributed by atoms with Crippen molar-refractivity contribution in [3.05, 3.63) is 0 Å². The highest BCUT2D eigenvalue weighted by Gasteiger charge is 2.91. The molecule has 0 aromatic heterocycles. The molecule has 0 bridgehead atoms. The summed E-state index contributed by atoms with van der Waals surface area (Å²) in [6, 6.07) is 7.19. The quantitative estimate of drug-likeness (QED) is 0.288. The minimum absolute atomic E-state index is 1.16. The molecule has 32 heavy (non-hydrogen) atoms. The maximum atomic E-state index is 2.85. The monoisotopic (exact) mass is 504 g/mol. The SMILES string of the molecule is CC[Si]1(C2CCCC2)[Si](CC)(C2CCCC2)[Si](CC)(C2CCCC2)[Si]1(CC)C1CCCC1. The predicted octanol–water partition coefficient (Wildman–Crippen LogP) is 9.97. The van der Waals surface area contributed by atoms with Gasteiger partial charge in [0, 0.05) is 28.4 Å². The van der Waals surface area contributed by atoms with Crippen LogP contribution in [0.4, 0.5) is 0 Å². The fraction of sp³-hybridized carbons (Fsp3) is 1.00. The third kappa shape index (κ3) is 2.71. The van der Waals surface area contributed by atoms with Crippen LogP contribution in [-0.2, 0) is 0 Å². The molecule has 0 aromatic rings. The van der Waals surface area contributed by atoms with Crippen LogP contribution in [0.15, 0.2) is 0 Å². The van der Waals surface area contributed by atoms with Crippen LogP contribution in [0, 0.1) is 0 Å². The molecule has 4 aliphatic carbocycles. The van der Waals surface area contributed by atoms with Crippen molar-refractivity contribution in [3.8, 4) is 0 Å². The number of hydrogen-bond acceptors (Lipinski definition) is 0. The van der Waals surface area contributed by atoms with Crippen molar-refractivity contribution in [2.75, 3.05) is 0 Å². The zero-order chi connectivity index (χ0) is 22.5. The lowest BCUT2D eigenvalue weighted by atomic mass is 10.4. The Bertz CT molecular complexity index is 516. The Morgan fingerprint density at radius 1 is 0.344 bits per heavy atom. The molecule has 1 aliphatic heterocycles. The molecule has 4 saturated carbocycles. The molecule has 0 spiro atoms. The first-order valence-corrected chi connectivity index (χ1v) is 28.8. The number of hydrogen-bond donors (Lipinski definition) is 0. The van der Waals surface area contributed by atoms with Gasteiger partial charge in [0.1, 0.15) is 0 Å². The van der Waals surface area contributed by atoms with Gasteiger partial charge < -0.3 is 0 Å². The average Bonchev–Trinajstić information content (AvgIpc) is 3.63. The molecule has 0 aromatic carbocycles. The van der Waals surface area contributed by atoms with Crippen LogP contribution in [-0.4, -0.2) is 28.4 Å². The Morgan fingerprint density at radius 2 is 0.500 bits per heavy atom. The van der Waals surface area contributed by atoms with Gasteiger partial charge in [-0.15, -0.1) is 0 Å². The van der Waals surface area contributed by atoms with Crippen LogP contribution in [0.5, 0.6) is 0 Å². The second-order valence-electron chi connectivity index (χ2n) is 13.2. The van der Waals surface area contributed by atoms with Gasteiger partial charge in [-0.25, -0.2) is 0 Å². The third-order valence-corrected chi connectivity index (χ3v) is 111. The van der Waals surface area contributed by atoms with Gasteiger partial charge in [0.25, 0.3) is 0 Å². The minimum atomic E-state index is -1.16. The molecular weight excluding hydrogens is 449 g/mol. The second kappa shape index (κ2) is 9.39. The topological polar surface area (TPSA) is 0 Å². The molecule has 4 heteroatoms. The Labute approximate surface area is 204 Å². The van der Waals surface area contributed by atoms with Crippen LogP contribution >= 0.6 is 0 Å². The molecule has 5 aliphatic rings. The van der Waals surface area contributed by atoms with Gasteiger partial charge in [0.15, 0.2) is 0 Å². The van der Waals surface area contributed by atoms with Crippen molar-refractivity contribution in [1.29, 1.82) is 0 Å². The van der Waals surface area contributed by atoms with Crippen molar-refractivity contribution in [2.45, 2.75) is 177 Å². The van der Waals surface area contributed by atoms with Crippen LogP contribution in [0.1, 0.15) is 130 Å². The van der Waals surface area contributed by atoms with Crippen molar-refractivity contribution < 1.29 is 0 Å². The van der Waals surface area contributed by atoms with Gasteiger partial charge in [-0.2, -0.15) is 0 Å². The summed E-state index contributed by atoms with van der Waals surface area (Å²) in [7, 11) is -4.63. The Hall–Kier alpha value is 0.868. The summed E-state index contributed by atoms with van der Waals surface area (Å²) in [6.45, 7) is 11.4. The van der Waals surface area contributed by atoms with Crippen molar-refractivity contribution >= 4 is 28.4 Å². The highest BCUT2D eigenvalue weighted by molar-refractivity contribution is 8.15. The summed E-state index contributed by atoms with van der Waals surface area (Å²) in [4.78, 5) is 0. The van der Waals surface area contributed by atoms with E-state index in [4.69, 9.17) is 0 Å². The van der Waals surface area contributed by atoms with Gasteiger partial charge >= 0.3 is 0 Å². The first-order valence-electron chi connectivity index (χ1n) is 15.7. The van der Waals surface area contributed by atoms with Crippen LogP contribution in [0.25, 0.3) is 0 Å². The van der Waals surface area contributed by atoms with Gasteiger partial charge in [-0.1, -0.05) is 155 Å². The summed E-state index contributed by atoms with van der Waals surface area (Å²) in [6.07, 6.45) is 26.8. The maximum absolute atomic E-state index is 2.85. The zero-order valence-corrected chi connectivity index (χ0v) is 26.5. The molecule has 5 fully saturated rings. The van der Waals surface area contributed by atoms with E-state index in [1.165, 1.54) is 22.2 Å². The lowest BCUT2D eigenvalue weighted by molar-refractivity contribution is 0.776. The highest BCUT2D eigenvalue weighted by Crippen LogP contribution is 2.76. The summed E-state index contributed by atoms with van der Waals surface area (Å²) in [5.41, 5.74) is 5.34. The third-order valence-electron chi connectivity index (χ3n) is 13.6. The summed E-state index contributed by atoms with van der Waals surface area (Å²) < 4.78 is 0. The average molecular weight is 505 g/mol. The molecule has 0 nitrogen and oxygen atoms in total. The lowest BCUT2D eigenvalue weighted by Crippen LogP contribution is -3.09. The molecule has 5 rings (SSSR count). The van der Waals surface area contributed by atoms with Gasteiger partial charge in [0.05, 0.1) is 0 Å². The maximum Gasteiger partial charge on any atom is 0.0410 e. The summed E-state index contributed by atoms with van der Waals surface area (Å²) >= 11 is 0. The van der Waals surface area contributed by atoms with E-state index in [9.17, 15) is 0 Å². The first kappa shape index (κ1) is 24.6. The van der Waals surface area contributed by atoms with E-state index in [2.05, 4.69) is 27.7 Å². The van der Waals surface area contributed by atoms with E-state index in [0.717, 1.165) is 0 Å². The molecule has 1 saturated heterocycles. The predicted molar refractivity (Wildman–Crippen MR) is 154 cm³/mol. The van der Waals surface area contributed by atoms with Crippen molar-refractivity contribution in [1.82, 2.24) is 0 Å². The Balaban J connectivity index is 1.80. The van der Waals surface area contributed by atoms with Gasteiger partial charge in [0.2, 0.25) is 0 Å². The van der Waals surface area contributed by atoms with E-state index >= 15 is 0 Å². The van der Waals surface area contributed by atoms with Crippen LogP contribution < -0.4 is 0 Å². The van der Waals surface area contributed by atoms with E-state index in [1.807, 2.05) is 0 Å². The number of rotatable bonds is 8. The van der Waals surface area contributed by atoms with Crippen LogP contribution in [0.2, 0.25) is 46.3 Å². The van der Waals surface area contributed by atoms with Crippen molar-refractivity contribution in [3.63, 3.8) is 0 Å². The minimum Gasteiger partial charge on any atom is -0.0682 e. The molecule has 1 heterocycles. The summed E-state index contributed by atoms with van der Waals surface area (Å²) in [5.74, 6) is 0. The molecule has 0 amide bonds. The fourth-order valence-electron chi connectivity index (χ4n) is 13.8. The van der Waals surface area contributed by atoms with E-state index in [1.54, 1.807) is 127 Å². The zero-order valence-electron chi connectivity index (χ0n) is 22.5. The smallest absolute Gasteiger partial charge is 0.0410 e. The van der Waals surface area contributed by atoms with Gasteiger partial charge in [-0.05, 0) is 22.2 Å². The molecular formula is C28H56Si4. The molecule has 0 unspecified atom stereocenters. The fourth-order valence-corrected chi connectivity index (χ4v) is 177. The van der Waals surface area contributed by atoms with E-state index in [0.29, 0.717) is 0 Å². The summed E-state index contributed by atoms with van der Waals surface area (Å²) in [5, 5.41) is 0. The molecule has 0 N–H and O–H groups in total. The largest absolute Gasteiger partial charge is 0.0682 e. The van der Waals surface area contributed by atoms with Crippen molar-refractivity contribution in [2.24, 2.45) is 0 Å². The highest BCUT2D eigenvalue weighted by atomic mass is 30.2. The van der Waals surface area contributed by atoms with Crippen LogP contribution in [0.3, 0.4) is 0 Å². The standard InChI is InChI=1S/C28H56Si4/c1-5-29(25-17-9-10-18-25)30(6-2,26-19-11-12-20-26)32(8-4,28-23-15-16-24-28)31(29,7-3)27-21-13-14-22-27/h25-28H,5-24H2,1-4H3. The molecule has 0 atom stereocenters.